The Hall–Kier alpha value is -3.18. The molecular weight excluding hydrogens is 350 g/mol. The fraction of sp³-hybridized carbons (Fsp3) is 0.217. The summed E-state index contributed by atoms with van der Waals surface area (Å²) in [5, 5.41) is 2.99. The zero-order valence-electron chi connectivity index (χ0n) is 15.7. The van der Waals surface area contributed by atoms with Gasteiger partial charge in [0, 0.05) is 49.7 Å². The van der Waals surface area contributed by atoms with Crippen LogP contribution in [0.3, 0.4) is 0 Å². The molecule has 1 aliphatic rings. The number of amides is 1. The number of hydrogen-bond donors (Lipinski definition) is 1. The van der Waals surface area contributed by atoms with Gasteiger partial charge in [-0.1, -0.05) is 30.3 Å². The number of fused-ring (bicyclic) bond motifs is 1. The molecule has 28 heavy (non-hydrogen) atoms. The van der Waals surface area contributed by atoms with Gasteiger partial charge in [-0.05, 0) is 41.5 Å². The van der Waals surface area contributed by atoms with E-state index < -0.39 is 0 Å². The maximum absolute atomic E-state index is 12.6. The van der Waals surface area contributed by atoms with E-state index in [0.29, 0.717) is 18.7 Å². The standard InChI is InChI=1S/C23H23N3O2/c27-23(25-15-18-4-2-1-3-5-18)20-6-7-22-21(14-20)17-26(12-13-28-22)16-19-8-10-24-11-9-19/h1-11,14H,12-13,15-17H2,(H,25,27). The van der Waals surface area contributed by atoms with Crippen molar-refractivity contribution in [2.24, 2.45) is 0 Å². The van der Waals surface area contributed by atoms with E-state index in [4.69, 9.17) is 4.74 Å². The molecule has 4 rings (SSSR count). The van der Waals surface area contributed by atoms with Crippen molar-refractivity contribution in [3.05, 3.63) is 95.3 Å². The van der Waals surface area contributed by atoms with Crippen LogP contribution in [0.5, 0.6) is 5.75 Å². The quantitative estimate of drug-likeness (QED) is 0.745. The van der Waals surface area contributed by atoms with E-state index in [0.717, 1.165) is 36.5 Å². The largest absolute Gasteiger partial charge is 0.492 e. The second kappa shape index (κ2) is 8.67. The van der Waals surface area contributed by atoms with E-state index in [2.05, 4.69) is 15.2 Å². The van der Waals surface area contributed by atoms with Gasteiger partial charge in [0.2, 0.25) is 0 Å². The SMILES string of the molecule is O=C(NCc1ccccc1)c1ccc2c(c1)CN(Cc1ccncc1)CCO2. The average molecular weight is 373 g/mol. The highest BCUT2D eigenvalue weighted by molar-refractivity contribution is 5.94. The molecule has 0 radical (unpaired) electrons. The molecule has 0 bridgehead atoms. The smallest absolute Gasteiger partial charge is 0.251 e. The van der Waals surface area contributed by atoms with Crippen LogP contribution in [0.25, 0.3) is 0 Å². The maximum Gasteiger partial charge on any atom is 0.251 e. The molecule has 0 aliphatic carbocycles. The number of rotatable bonds is 5. The molecule has 1 aliphatic heterocycles. The number of benzene rings is 2. The zero-order chi connectivity index (χ0) is 19.2. The van der Waals surface area contributed by atoms with E-state index >= 15 is 0 Å². The van der Waals surface area contributed by atoms with E-state index in [1.54, 1.807) is 0 Å². The Balaban J connectivity index is 1.45. The lowest BCUT2D eigenvalue weighted by atomic mass is 10.1. The summed E-state index contributed by atoms with van der Waals surface area (Å²) in [6.45, 7) is 3.57. The lowest BCUT2D eigenvalue weighted by Crippen LogP contribution is -2.25. The molecule has 1 N–H and O–H groups in total. The Labute approximate surface area is 165 Å². The number of carbonyl (C=O) groups is 1. The third-order valence-electron chi connectivity index (χ3n) is 4.83. The van der Waals surface area contributed by atoms with Gasteiger partial charge in [0.05, 0.1) is 0 Å². The molecule has 3 aromatic rings. The van der Waals surface area contributed by atoms with Crippen molar-refractivity contribution in [1.29, 1.82) is 0 Å². The molecule has 2 aromatic carbocycles. The highest BCUT2D eigenvalue weighted by Gasteiger charge is 2.17. The molecule has 2 heterocycles. The van der Waals surface area contributed by atoms with Crippen LogP contribution in [0, 0.1) is 0 Å². The number of ether oxygens (including phenoxy) is 1. The van der Waals surface area contributed by atoms with Crippen molar-refractivity contribution >= 4 is 5.91 Å². The van der Waals surface area contributed by atoms with E-state index in [1.165, 1.54) is 5.56 Å². The highest BCUT2D eigenvalue weighted by Crippen LogP contribution is 2.25. The summed E-state index contributed by atoms with van der Waals surface area (Å²) in [4.78, 5) is 19.0. The third-order valence-corrected chi connectivity index (χ3v) is 4.83. The minimum Gasteiger partial charge on any atom is -0.492 e. The minimum absolute atomic E-state index is 0.0726. The zero-order valence-corrected chi connectivity index (χ0v) is 15.7. The van der Waals surface area contributed by atoms with Crippen LogP contribution in [0.1, 0.15) is 27.0 Å². The monoisotopic (exact) mass is 373 g/mol. The Bertz CT molecular complexity index is 929. The number of pyridine rings is 1. The predicted octanol–water partition coefficient (Wildman–Crippen LogP) is 3.41. The van der Waals surface area contributed by atoms with Crippen molar-refractivity contribution < 1.29 is 9.53 Å². The van der Waals surface area contributed by atoms with E-state index in [9.17, 15) is 4.79 Å². The van der Waals surface area contributed by atoms with Crippen molar-refractivity contribution in [2.75, 3.05) is 13.2 Å². The van der Waals surface area contributed by atoms with Crippen LogP contribution >= 0.6 is 0 Å². The first-order valence-corrected chi connectivity index (χ1v) is 9.47. The fourth-order valence-corrected chi connectivity index (χ4v) is 3.35. The molecule has 142 valence electrons. The van der Waals surface area contributed by atoms with Gasteiger partial charge in [-0.2, -0.15) is 0 Å². The van der Waals surface area contributed by atoms with Gasteiger partial charge in [0.15, 0.2) is 0 Å². The number of aromatic nitrogens is 1. The molecule has 0 saturated carbocycles. The molecule has 5 nitrogen and oxygen atoms in total. The summed E-state index contributed by atoms with van der Waals surface area (Å²) in [6, 6.07) is 19.7. The van der Waals surface area contributed by atoms with Gasteiger partial charge in [-0.25, -0.2) is 0 Å². The topological polar surface area (TPSA) is 54.5 Å². The molecular formula is C23H23N3O2. The van der Waals surface area contributed by atoms with Crippen LogP contribution in [-0.4, -0.2) is 28.9 Å². The summed E-state index contributed by atoms with van der Waals surface area (Å²) in [5.74, 6) is 0.786. The molecule has 0 fully saturated rings. The number of carbonyl (C=O) groups excluding carboxylic acids is 1. The first-order chi connectivity index (χ1) is 13.8. The molecule has 1 aromatic heterocycles. The predicted molar refractivity (Wildman–Crippen MR) is 108 cm³/mol. The van der Waals surface area contributed by atoms with E-state index in [-0.39, 0.29) is 5.91 Å². The molecule has 0 atom stereocenters. The Kier molecular flexibility index (Phi) is 5.64. The maximum atomic E-state index is 12.6. The average Bonchev–Trinajstić information content (AvgIpc) is 2.94. The number of nitrogens with zero attached hydrogens (tertiary/aromatic N) is 2. The molecule has 1 amide bonds. The van der Waals surface area contributed by atoms with Crippen molar-refractivity contribution in [2.45, 2.75) is 19.6 Å². The molecule has 0 spiro atoms. The molecule has 0 unspecified atom stereocenters. The number of hydrogen-bond acceptors (Lipinski definition) is 4. The van der Waals surface area contributed by atoms with Crippen molar-refractivity contribution in [1.82, 2.24) is 15.2 Å². The summed E-state index contributed by atoms with van der Waals surface area (Å²) >= 11 is 0. The molecule has 5 heteroatoms. The lowest BCUT2D eigenvalue weighted by Gasteiger charge is -2.19. The van der Waals surface area contributed by atoms with Crippen LogP contribution in [-0.2, 0) is 19.6 Å². The summed E-state index contributed by atoms with van der Waals surface area (Å²) in [6.07, 6.45) is 3.62. The van der Waals surface area contributed by atoms with Crippen molar-refractivity contribution in [3.63, 3.8) is 0 Å². The van der Waals surface area contributed by atoms with Crippen LogP contribution in [0.15, 0.2) is 73.1 Å². The van der Waals surface area contributed by atoms with Crippen LogP contribution in [0.4, 0.5) is 0 Å². The number of nitrogens with one attached hydrogen (secondary N) is 1. The van der Waals surface area contributed by atoms with Gasteiger partial charge in [-0.3, -0.25) is 14.7 Å². The normalized spacial score (nSPS) is 13.9. The minimum atomic E-state index is -0.0726. The van der Waals surface area contributed by atoms with Gasteiger partial charge in [0.1, 0.15) is 12.4 Å². The Morgan fingerprint density at radius 1 is 1.04 bits per heavy atom. The van der Waals surface area contributed by atoms with Gasteiger partial charge < -0.3 is 10.1 Å². The Morgan fingerprint density at radius 2 is 1.86 bits per heavy atom. The van der Waals surface area contributed by atoms with Gasteiger partial charge in [0.25, 0.3) is 5.91 Å². The summed E-state index contributed by atoms with van der Waals surface area (Å²) in [5.41, 5.74) is 4.00. The van der Waals surface area contributed by atoms with Crippen LogP contribution < -0.4 is 10.1 Å². The Morgan fingerprint density at radius 3 is 2.68 bits per heavy atom. The molecule has 0 saturated heterocycles. The summed E-state index contributed by atoms with van der Waals surface area (Å²) < 4.78 is 5.89. The van der Waals surface area contributed by atoms with Gasteiger partial charge >= 0.3 is 0 Å². The third kappa shape index (κ3) is 4.56. The fourth-order valence-electron chi connectivity index (χ4n) is 3.35. The second-order valence-corrected chi connectivity index (χ2v) is 6.91. The first-order valence-electron chi connectivity index (χ1n) is 9.47. The van der Waals surface area contributed by atoms with Crippen molar-refractivity contribution in [3.8, 4) is 5.75 Å². The van der Waals surface area contributed by atoms with Gasteiger partial charge in [-0.15, -0.1) is 0 Å². The van der Waals surface area contributed by atoms with Crippen LogP contribution in [0.2, 0.25) is 0 Å². The first kappa shape index (κ1) is 18.2. The lowest BCUT2D eigenvalue weighted by molar-refractivity contribution is 0.0950. The summed E-state index contributed by atoms with van der Waals surface area (Å²) in [7, 11) is 0. The second-order valence-electron chi connectivity index (χ2n) is 6.91. The highest BCUT2D eigenvalue weighted by atomic mass is 16.5. The van der Waals surface area contributed by atoms with E-state index in [1.807, 2.05) is 73.1 Å².